The van der Waals surface area contributed by atoms with Gasteiger partial charge in [-0.1, -0.05) is 34.6 Å². The van der Waals surface area contributed by atoms with E-state index in [1.807, 2.05) is 0 Å². The van der Waals surface area contributed by atoms with Gasteiger partial charge in [0.25, 0.3) is 0 Å². The molecule has 104 valence electrons. The van der Waals surface area contributed by atoms with Crippen molar-refractivity contribution in [2.24, 2.45) is 5.41 Å². The van der Waals surface area contributed by atoms with Gasteiger partial charge in [0.15, 0.2) is 0 Å². The third-order valence-electron chi connectivity index (χ3n) is 3.07. The summed E-state index contributed by atoms with van der Waals surface area (Å²) in [7, 11) is -2.81. The van der Waals surface area contributed by atoms with Gasteiger partial charge in [0.05, 0.1) is 5.75 Å². The SMILES string of the molecule is CCCNC(CCCS(=O)(=O)CC)C(C)(C)C. The Kier molecular flexibility index (Phi) is 7.33. The van der Waals surface area contributed by atoms with Crippen molar-refractivity contribution >= 4 is 9.84 Å². The van der Waals surface area contributed by atoms with Gasteiger partial charge in [0, 0.05) is 11.8 Å². The summed E-state index contributed by atoms with van der Waals surface area (Å²) in [6, 6.07) is 0.398. The smallest absolute Gasteiger partial charge is 0.150 e. The second kappa shape index (κ2) is 7.37. The number of hydrogen-bond acceptors (Lipinski definition) is 3. The lowest BCUT2D eigenvalue weighted by atomic mass is 9.84. The van der Waals surface area contributed by atoms with Crippen LogP contribution in [0.2, 0.25) is 0 Å². The second-order valence-electron chi connectivity index (χ2n) is 5.75. The summed E-state index contributed by atoms with van der Waals surface area (Å²) < 4.78 is 22.8. The van der Waals surface area contributed by atoms with Crippen molar-refractivity contribution in [3.63, 3.8) is 0 Å². The average molecular weight is 263 g/mol. The van der Waals surface area contributed by atoms with E-state index >= 15 is 0 Å². The Morgan fingerprint density at radius 1 is 1.18 bits per heavy atom. The first kappa shape index (κ1) is 16.9. The molecule has 0 spiro atoms. The predicted octanol–water partition coefficient (Wildman–Crippen LogP) is 2.62. The molecule has 4 heteroatoms. The van der Waals surface area contributed by atoms with E-state index in [0.717, 1.165) is 25.8 Å². The van der Waals surface area contributed by atoms with Gasteiger partial charge in [-0.2, -0.15) is 0 Å². The van der Waals surface area contributed by atoms with E-state index in [1.165, 1.54) is 0 Å². The Morgan fingerprint density at radius 3 is 2.18 bits per heavy atom. The van der Waals surface area contributed by atoms with Crippen LogP contribution in [0.25, 0.3) is 0 Å². The molecule has 0 radical (unpaired) electrons. The zero-order chi connectivity index (χ0) is 13.5. The number of sulfone groups is 1. The first-order chi connectivity index (χ1) is 7.73. The third-order valence-corrected chi connectivity index (χ3v) is 4.86. The van der Waals surface area contributed by atoms with Crippen LogP contribution in [-0.2, 0) is 9.84 Å². The normalized spacial score (nSPS) is 14.9. The van der Waals surface area contributed by atoms with Crippen LogP contribution in [0.15, 0.2) is 0 Å². The molecule has 0 bridgehead atoms. The molecule has 1 atom stereocenters. The van der Waals surface area contributed by atoms with Gasteiger partial charge in [-0.05, 0) is 31.2 Å². The standard InChI is InChI=1S/C13H29NO2S/c1-6-10-14-12(13(3,4)5)9-8-11-17(15,16)7-2/h12,14H,6-11H2,1-5H3. The van der Waals surface area contributed by atoms with E-state index in [0.29, 0.717) is 11.8 Å². The molecular formula is C13H29NO2S. The molecule has 0 aliphatic heterocycles. The Morgan fingerprint density at radius 2 is 1.76 bits per heavy atom. The molecule has 0 saturated heterocycles. The van der Waals surface area contributed by atoms with E-state index in [1.54, 1.807) is 6.92 Å². The molecule has 0 fully saturated rings. The van der Waals surface area contributed by atoms with Gasteiger partial charge in [0.2, 0.25) is 0 Å². The first-order valence-electron chi connectivity index (χ1n) is 6.66. The Labute approximate surface area is 107 Å². The third kappa shape index (κ3) is 7.77. The summed E-state index contributed by atoms with van der Waals surface area (Å²) in [5.41, 5.74) is 0.186. The average Bonchev–Trinajstić information content (AvgIpc) is 2.21. The van der Waals surface area contributed by atoms with Crippen molar-refractivity contribution in [1.29, 1.82) is 0 Å². The summed E-state index contributed by atoms with van der Waals surface area (Å²) in [5.74, 6) is 0.583. The van der Waals surface area contributed by atoms with E-state index in [-0.39, 0.29) is 11.2 Å². The fourth-order valence-electron chi connectivity index (χ4n) is 1.81. The van der Waals surface area contributed by atoms with Gasteiger partial charge < -0.3 is 5.32 Å². The van der Waals surface area contributed by atoms with E-state index in [4.69, 9.17) is 0 Å². The summed E-state index contributed by atoms with van der Waals surface area (Å²) >= 11 is 0. The highest BCUT2D eigenvalue weighted by molar-refractivity contribution is 7.91. The highest BCUT2D eigenvalue weighted by atomic mass is 32.2. The lowest BCUT2D eigenvalue weighted by Gasteiger charge is -2.31. The molecular weight excluding hydrogens is 234 g/mol. The fourth-order valence-corrected chi connectivity index (χ4v) is 2.71. The number of hydrogen-bond donors (Lipinski definition) is 1. The van der Waals surface area contributed by atoms with Crippen LogP contribution in [0.4, 0.5) is 0 Å². The predicted molar refractivity (Wildman–Crippen MR) is 75.1 cm³/mol. The van der Waals surface area contributed by atoms with Crippen molar-refractivity contribution in [3.05, 3.63) is 0 Å². The fraction of sp³-hybridized carbons (Fsp3) is 1.00. The maximum atomic E-state index is 11.4. The van der Waals surface area contributed by atoms with Crippen molar-refractivity contribution in [3.8, 4) is 0 Å². The molecule has 0 aromatic carbocycles. The van der Waals surface area contributed by atoms with Crippen LogP contribution in [0, 0.1) is 5.41 Å². The molecule has 17 heavy (non-hydrogen) atoms. The van der Waals surface area contributed by atoms with E-state index in [9.17, 15) is 8.42 Å². The molecule has 0 amide bonds. The highest BCUT2D eigenvalue weighted by Gasteiger charge is 2.23. The molecule has 1 N–H and O–H groups in total. The lowest BCUT2D eigenvalue weighted by Crippen LogP contribution is -2.40. The van der Waals surface area contributed by atoms with Crippen LogP contribution in [0.5, 0.6) is 0 Å². The topological polar surface area (TPSA) is 46.2 Å². The summed E-state index contributed by atoms with van der Waals surface area (Å²) in [6.45, 7) is 11.5. The molecule has 0 aliphatic rings. The maximum absolute atomic E-state index is 11.4. The van der Waals surface area contributed by atoms with Gasteiger partial charge in [0.1, 0.15) is 9.84 Å². The van der Waals surface area contributed by atoms with Gasteiger partial charge in [-0.15, -0.1) is 0 Å². The monoisotopic (exact) mass is 263 g/mol. The van der Waals surface area contributed by atoms with Crippen LogP contribution < -0.4 is 5.32 Å². The summed E-state index contributed by atoms with van der Waals surface area (Å²) in [6.07, 6.45) is 2.80. The van der Waals surface area contributed by atoms with Crippen molar-refractivity contribution < 1.29 is 8.42 Å². The van der Waals surface area contributed by atoms with E-state index < -0.39 is 9.84 Å². The quantitative estimate of drug-likeness (QED) is 0.732. The van der Waals surface area contributed by atoms with Crippen LogP contribution in [0.3, 0.4) is 0 Å². The molecule has 0 saturated carbocycles. The Balaban J connectivity index is 4.18. The highest BCUT2D eigenvalue weighted by Crippen LogP contribution is 2.23. The minimum Gasteiger partial charge on any atom is -0.313 e. The van der Waals surface area contributed by atoms with Crippen LogP contribution in [0.1, 0.15) is 53.9 Å². The maximum Gasteiger partial charge on any atom is 0.150 e. The van der Waals surface area contributed by atoms with Gasteiger partial charge in [-0.3, -0.25) is 0 Å². The molecule has 3 nitrogen and oxygen atoms in total. The largest absolute Gasteiger partial charge is 0.313 e. The van der Waals surface area contributed by atoms with Gasteiger partial charge >= 0.3 is 0 Å². The van der Waals surface area contributed by atoms with Crippen LogP contribution in [-0.4, -0.2) is 32.5 Å². The van der Waals surface area contributed by atoms with Crippen molar-refractivity contribution in [1.82, 2.24) is 5.32 Å². The van der Waals surface area contributed by atoms with Gasteiger partial charge in [-0.25, -0.2) is 8.42 Å². The molecule has 0 aliphatic carbocycles. The Bertz CT molecular complexity index is 291. The summed E-state index contributed by atoms with van der Waals surface area (Å²) in [5, 5.41) is 3.52. The number of rotatable bonds is 8. The lowest BCUT2D eigenvalue weighted by molar-refractivity contribution is 0.254. The van der Waals surface area contributed by atoms with E-state index in [2.05, 4.69) is 33.0 Å². The first-order valence-corrected chi connectivity index (χ1v) is 8.49. The second-order valence-corrected chi connectivity index (χ2v) is 8.22. The molecule has 0 heterocycles. The minimum absolute atomic E-state index is 0.186. The molecule has 1 unspecified atom stereocenters. The molecule has 0 aromatic rings. The summed E-state index contributed by atoms with van der Waals surface area (Å²) in [4.78, 5) is 0. The minimum atomic E-state index is -2.81. The van der Waals surface area contributed by atoms with Crippen molar-refractivity contribution in [2.45, 2.75) is 59.9 Å². The zero-order valence-electron chi connectivity index (χ0n) is 12.0. The van der Waals surface area contributed by atoms with Crippen LogP contribution >= 0.6 is 0 Å². The zero-order valence-corrected chi connectivity index (χ0v) is 12.9. The van der Waals surface area contributed by atoms with Crippen molar-refractivity contribution in [2.75, 3.05) is 18.1 Å². The molecule has 0 rings (SSSR count). The molecule has 0 aromatic heterocycles. The Hall–Kier alpha value is -0.0900. The number of nitrogens with one attached hydrogen (secondary N) is 1.